The second kappa shape index (κ2) is 8.72. The van der Waals surface area contributed by atoms with Gasteiger partial charge in [-0.3, -0.25) is 5.43 Å². The van der Waals surface area contributed by atoms with Gasteiger partial charge in [-0.25, -0.2) is 0 Å². The maximum Gasteiger partial charge on any atom is 0.162 e. The highest BCUT2D eigenvalue weighted by atomic mass is 16.5. The fraction of sp³-hybridized carbons (Fsp3) is 0.136. The summed E-state index contributed by atoms with van der Waals surface area (Å²) in [5.41, 5.74) is 7.23. The van der Waals surface area contributed by atoms with Crippen molar-refractivity contribution < 1.29 is 9.47 Å². The Morgan fingerprint density at radius 2 is 1.69 bits per heavy atom. The van der Waals surface area contributed by atoms with Gasteiger partial charge in [0.2, 0.25) is 0 Å². The number of nitrogens with one attached hydrogen (secondary N) is 1. The smallest absolute Gasteiger partial charge is 0.162 e. The van der Waals surface area contributed by atoms with Crippen LogP contribution < -0.4 is 14.9 Å². The van der Waals surface area contributed by atoms with E-state index in [1.165, 1.54) is 0 Å². The number of benzene rings is 3. The molecule has 0 saturated heterocycles. The summed E-state index contributed by atoms with van der Waals surface area (Å²) in [6.45, 7) is 2.53. The summed E-state index contributed by atoms with van der Waals surface area (Å²) >= 11 is 0. The van der Waals surface area contributed by atoms with Crippen molar-refractivity contribution in [1.82, 2.24) is 0 Å². The van der Waals surface area contributed by atoms with Crippen molar-refractivity contribution in [2.45, 2.75) is 13.5 Å². The van der Waals surface area contributed by atoms with Crippen molar-refractivity contribution in [1.29, 1.82) is 0 Å². The quantitative estimate of drug-likeness (QED) is 0.482. The van der Waals surface area contributed by atoms with E-state index in [0.717, 1.165) is 22.4 Å². The molecule has 3 aromatic rings. The topological polar surface area (TPSA) is 42.8 Å². The largest absolute Gasteiger partial charge is 0.493 e. The lowest BCUT2D eigenvalue weighted by Crippen LogP contribution is -1.99. The van der Waals surface area contributed by atoms with Crippen LogP contribution in [-0.2, 0) is 6.61 Å². The standard InChI is InChI=1S/C22H22N2O2/c1-17-8-6-7-11-20(17)24-23-15-19-12-13-21(25-2)22(14-19)26-16-18-9-4-3-5-10-18/h3-15,24H,16H2,1-2H3/b23-15+. The predicted molar refractivity (Wildman–Crippen MR) is 106 cm³/mol. The molecular formula is C22H22N2O2. The molecule has 0 atom stereocenters. The second-order valence-corrected chi connectivity index (χ2v) is 5.87. The van der Waals surface area contributed by atoms with E-state index in [-0.39, 0.29) is 0 Å². The molecule has 0 saturated carbocycles. The highest BCUT2D eigenvalue weighted by molar-refractivity contribution is 5.81. The molecule has 0 amide bonds. The Labute approximate surface area is 154 Å². The van der Waals surface area contributed by atoms with E-state index in [0.29, 0.717) is 18.1 Å². The molecule has 0 aromatic heterocycles. The molecule has 3 rings (SSSR count). The van der Waals surface area contributed by atoms with Crippen molar-refractivity contribution in [3.8, 4) is 11.5 Å². The molecule has 0 radical (unpaired) electrons. The lowest BCUT2D eigenvalue weighted by Gasteiger charge is -2.11. The molecular weight excluding hydrogens is 324 g/mol. The number of ether oxygens (including phenoxy) is 2. The van der Waals surface area contributed by atoms with Gasteiger partial charge in [-0.1, -0.05) is 48.5 Å². The molecule has 1 N–H and O–H groups in total. The zero-order chi connectivity index (χ0) is 18.2. The molecule has 4 nitrogen and oxygen atoms in total. The number of aryl methyl sites for hydroxylation is 1. The van der Waals surface area contributed by atoms with Crippen molar-refractivity contribution in [2.75, 3.05) is 12.5 Å². The van der Waals surface area contributed by atoms with Crippen LogP contribution in [0.25, 0.3) is 0 Å². The number of hydrogen-bond acceptors (Lipinski definition) is 4. The molecule has 132 valence electrons. The van der Waals surface area contributed by atoms with Gasteiger partial charge in [0.15, 0.2) is 11.5 Å². The number of para-hydroxylation sites is 1. The average molecular weight is 346 g/mol. The van der Waals surface area contributed by atoms with Gasteiger partial charge in [0.05, 0.1) is 19.0 Å². The molecule has 3 aromatic carbocycles. The maximum atomic E-state index is 5.93. The number of nitrogens with zero attached hydrogens (tertiary/aromatic N) is 1. The second-order valence-electron chi connectivity index (χ2n) is 5.87. The van der Waals surface area contributed by atoms with E-state index in [9.17, 15) is 0 Å². The first-order valence-corrected chi connectivity index (χ1v) is 8.46. The summed E-state index contributed by atoms with van der Waals surface area (Å²) in [4.78, 5) is 0. The van der Waals surface area contributed by atoms with Crippen molar-refractivity contribution in [3.05, 3.63) is 89.5 Å². The van der Waals surface area contributed by atoms with E-state index in [1.54, 1.807) is 13.3 Å². The SMILES string of the molecule is COc1ccc(/C=N/Nc2ccccc2C)cc1OCc1ccccc1. The summed E-state index contributed by atoms with van der Waals surface area (Å²) in [6, 6.07) is 23.8. The van der Waals surface area contributed by atoms with Gasteiger partial charge < -0.3 is 9.47 Å². The first-order chi connectivity index (χ1) is 12.8. The summed E-state index contributed by atoms with van der Waals surface area (Å²) in [6.07, 6.45) is 1.77. The van der Waals surface area contributed by atoms with Gasteiger partial charge in [-0.15, -0.1) is 0 Å². The van der Waals surface area contributed by atoms with Crippen LogP contribution in [0.4, 0.5) is 5.69 Å². The van der Waals surface area contributed by atoms with Crippen molar-refractivity contribution >= 4 is 11.9 Å². The van der Waals surface area contributed by atoms with Gasteiger partial charge in [-0.2, -0.15) is 5.10 Å². The van der Waals surface area contributed by atoms with E-state index in [4.69, 9.17) is 9.47 Å². The normalized spacial score (nSPS) is 10.7. The molecule has 26 heavy (non-hydrogen) atoms. The number of anilines is 1. The monoisotopic (exact) mass is 346 g/mol. The van der Waals surface area contributed by atoms with Crippen LogP contribution in [0, 0.1) is 6.92 Å². The van der Waals surface area contributed by atoms with Crippen molar-refractivity contribution in [3.63, 3.8) is 0 Å². The Kier molecular flexibility index (Phi) is 5.88. The number of hydrogen-bond donors (Lipinski definition) is 1. The van der Waals surface area contributed by atoms with Crippen LogP contribution in [0.5, 0.6) is 11.5 Å². The predicted octanol–water partition coefficient (Wildman–Crippen LogP) is 5.03. The van der Waals surface area contributed by atoms with Crippen molar-refractivity contribution in [2.24, 2.45) is 5.10 Å². The van der Waals surface area contributed by atoms with Gasteiger partial charge >= 0.3 is 0 Å². The summed E-state index contributed by atoms with van der Waals surface area (Å²) in [5, 5.41) is 4.32. The Morgan fingerprint density at radius 3 is 2.46 bits per heavy atom. The molecule has 0 fully saturated rings. The third-order valence-corrected chi connectivity index (χ3v) is 3.97. The first kappa shape index (κ1) is 17.5. The summed E-state index contributed by atoms with van der Waals surface area (Å²) < 4.78 is 11.3. The fourth-order valence-corrected chi connectivity index (χ4v) is 2.50. The van der Waals surface area contributed by atoms with Crippen LogP contribution in [0.1, 0.15) is 16.7 Å². The Balaban J connectivity index is 1.70. The Morgan fingerprint density at radius 1 is 0.923 bits per heavy atom. The van der Waals surface area contributed by atoms with Gasteiger partial charge in [0.25, 0.3) is 0 Å². The number of hydrazone groups is 1. The van der Waals surface area contributed by atoms with Gasteiger partial charge in [-0.05, 0) is 47.9 Å². The van der Waals surface area contributed by atoms with Crippen LogP contribution >= 0.6 is 0 Å². The third-order valence-electron chi connectivity index (χ3n) is 3.97. The van der Waals surface area contributed by atoms with Crippen LogP contribution in [0.3, 0.4) is 0 Å². The van der Waals surface area contributed by atoms with E-state index in [1.807, 2.05) is 79.7 Å². The van der Waals surface area contributed by atoms with Crippen LogP contribution in [0.15, 0.2) is 77.9 Å². The molecule has 0 spiro atoms. The Bertz CT molecular complexity index is 876. The minimum atomic E-state index is 0.485. The average Bonchev–Trinajstić information content (AvgIpc) is 2.69. The van der Waals surface area contributed by atoms with E-state index < -0.39 is 0 Å². The molecule has 4 heteroatoms. The molecule has 0 heterocycles. The molecule has 0 unspecified atom stereocenters. The zero-order valence-corrected chi connectivity index (χ0v) is 15.0. The Hall–Kier alpha value is -3.27. The summed E-state index contributed by atoms with van der Waals surface area (Å²) in [7, 11) is 1.64. The number of methoxy groups -OCH3 is 1. The van der Waals surface area contributed by atoms with Crippen LogP contribution in [-0.4, -0.2) is 13.3 Å². The minimum Gasteiger partial charge on any atom is -0.493 e. The lowest BCUT2D eigenvalue weighted by atomic mass is 10.2. The number of rotatable bonds is 7. The van der Waals surface area contributed by atoms with Gasteiger partial charge in [0.1, 0.15) is 6.61 Å². The lowest BCUT2D eigenvalue weighted by molar-refractivity contribution is 0.284. The van der Waals surface area contributed by atoms with E-state index >= 15 is 0 Å². The third kappa shape index (κ3) is 4.63. The summed E-state index contributed by atoms with van der Waals surface area (Å²) in [5.74, 6) is 1.39. The molecule has 0 aliphatic rings. The van der Waals surface area contributed by atoms with Crippen LogP contribution in [0.2, 0.25) is 0 Å². The molecule has 0 bridgehead atoms. The highest BCUT2D eigenvalue weighted by Crippen LogP contribution is 2.28. The minimum absolute atomic E-state index is 0.485. The molecule has 0 aliphatic heterocycles. The maximum absolute atomic E-state index is 5.93. The van der Waals surface area contributed by atoms with Gasteiger partial charge in [0, 0.05) is 0 Å². The fourth-order valence-electron chi connectivity index (χ4n) is 2.50. The van der Waals surface area contributed by atoms with E-state index in [2.05, 4.69) is 10.5 Å². The first-order valence-electron chi connectivity index (χ1n) is 8.46. The zero-order valence-electron chi connectivity index (χ0n) is 15.0. The highest BCUT2D eigenvalue weighted by Gasteiger charge is 2.05. The molecule has 0 aliphatic carbocycles.